The van der Waals surface area contributed by atoms with Crippen LogP contribution in [0.15, 0.2) is 12.3 Å². The summed E-state index contributed by atoms with van der Waals surface area (Å²) in [4.78, 5) is 5.67. The molecule has 0 saturated carbocycles. The zero-order chi connectivity index (χ0) is 11.7. The Balaban J connectivity index is 2.24. The molecule has 1 aromatic rings. The fourth-order valence-corrected chi connectivity index (χ4v) is 2.23. The summed E-state index contributed by atoms with van der Waals surface area (Å²) in [6.07, 6.45) is 1.97. The van der Waals surface area contributed by atoms with E-state index in [9.17, 15) is 8.78 Å². The van der Waals surface area contributed by atoms with E-state index in [-0.39, 0.29) is 11.9 Å². The average Bonchev–Trinajstić information content (AvgIpc) is 2.60. The predicted octanol–water partition coefficient (Wildman–Crippen LogP) is 1.53. The Kier molecular flexibility index (Phi) is 3.05. The summed E-state index contributed by atoms with van der Waals surface area (Å²) < 4.78 is 26.3. The van der Waals surface area contributed by atoms with Crippen LogP contribution in [0.5, 0.6) is 0 Å². The molecule has 2 atom stereocenters. The van der Waals surface area contributed by atoms with Crippen LogP contribution in [0.4, 0.5) is 14.6 Å². The third-order valence-corrected chi connectivity index (χ3v) is 3.06. The molecule has 0 amide bonds. The largest absolute Gasteiger partial charge is 0.351 e. The van der Waals surface area contributed by atoms with Gasteiger partial charge in [0.2, 0.25) is 0 Å². The molecular weight excluding hydrogens is 212 g/mol. The van der Waals surface area contributed by atoms with Crippen molar-refractivity contribution in [1.29, 1.82) is 0 Å². The van der Waals surface area contributed by atoms with Crippen LogP contribution in [0.1, 0.15) is 13.3 Å². The number of nitrogens with two attached hydrogens (primary N) is 1. The number of pyridine rings is 1. The highest BCUT2D eigenvalue weighted by molar-refractivity contribution is 5.42. The van der Waals surface area contributed by atoms with E-state index in [4.69, 9.17) is 5.73 Å². The maximum atomic E-state index is 13.5. The van der Waals surface area contributed by atoms with Crippen LogP contribution in [0.3, 0.4) is 0 Å². The van der Waals surface area contributed by atoms with Crippen molar-refractivity contribution in [3.05, 3.63) is 23.9 Å². The van der Waals surface area contributed by atoms with Gasteiger partial charge in [0.05, 0.1) is 6.20 Å². The number of anilines is 1. The number of hydrogen-bond donors (Lipinski definition) is 1. The second-order valence-electron chi connectivity index (χ2n) is 4.30. The van der Waals surface area contributed by atoms with Crippen molar-refractivity contribution < 1.29 is 8.78 Å². The van der Waals surface area contributed by atoms with Crippen LogP contribution in [0.25, 0.3) is 0 Å². The van der Waals surface area contributed by atoms with Crippen LogP contribution in [0.2, 0.25) is 0 Å². The summed E-state index contributed by atoms with van der Waals surface area (Å²) in [6, 6.07) is 1.06. The fourth-order valence-electron chi connectivity index (χ4n) is 2.23. The highest BCUT2D eigenvalue weighted by atomic mass is 19.1. The van der Waals surface area contributed by atoms with Crippen molar-refractivity contribution in [2.24, 2.45) is 11.7 Å². The second kappa shape index (κ2) is 4.33. The van der Waals surface area contributed by atoms with Gasteiger partial charge in [-0.25, -0.2) is 13.8 Å². The number of halogens is 2. The van der Waals surface area contributed by atoms with Gasteiger partial charge in [0.25, 0.3) is 0 Å². The van der Waals surface area contributed by atoms with Gasteiger partial charge in [0, 0.05) is 18.7 Å². The van der Waals surface area contributed by atoms with Gasteiger partial charge in [-0.05, 0) is 25.8 Å². The van der Waals surface area contributed by atoms with E-state index in [1.54, 1.807) is 0 Å². The molecule has 0 radical (unpaired) electrons. The second-order valence-corrected chi connectivity index (χ2v) is 4.30. The minimum atomic E-state index is -0.650. The van der Waals surface area contributed by atoms with E-state index >= 15 is 0 Å². The first-order valence-electron chi connectivity index (χ1n) is 5.39. The highest BCUT2D eigenvalue weighted by Gasteiger charge is 2.30. The molecule has 2 unspecified atom stereocenters. The summed E-state index contributed by atoms with van der Waals surface area (Å²) in [5, 5.41) is 0. The predicted molar refractivity (Wildman–Crippen MR) is 58.1 cm³/mol. The molecule has 3 nitrogen and oxygen atoms in total. The Hall–Kier alpha value is -1.23. The van der Waals surface area contributed by atoms with Gasteiger partial charge in [0.1, 0.15) is 5.82 Å². The van der Waals surface area contributed by atoms with E-state index in [1.807, 2.05) is 11.8 Å². The summed E-state index contributed by atoms with van der Waals surface area (Å²) in [5.74, 6) is -0.668. The Morgan fingerprint density at radius 3 is 2.88 bits per heavy atom. The zero-order valence-electron chi connectivity index (χ0n) is 9.16. The van der Waals surface area contributed by atoms with E-state index in [2.05, 4.69) is 4.98 Å². The van der Waals surface area contributed by atoms with Crippen molar-refractivity contribution in [3.8, 4) is 0 Å². The van der Waals surface area contributed by atoms with Crippen molar-refractivity contribution in [1.82, 2.24) is 4.98 Å². The molecule has 5 heteroatoms. The lowest BCUT2D eigenvalue weighted by Crippen LogP contribution is -2.29. The number of nitrogens with zero attached hydrogens (tertiary/aromatic N) is 2. The molecular formula is C11H15F2N3. The summed E-state index contributed by atoms with van der Waals surface area (Å²) >= 11 is 0. The quantitative estimate of drug-likeness (QED) is 0.833. The van der Waals surface area contributed by atoms with Crippen LogP contribution in [-0.2, 0) is 0 Å². The molecule has 2 N–H and O–H groups in total. The number of aromatic nitrogens is 1. The maximum absolute atomic E-state index is 13.5. The SMILES string of the molecule is CC1CC(CN)CN1c1ncc(F)cc1F. The Morgan fingerprint density at radius 1 is 1.56 bits per heavy atom. The van der Waals surface area contributed by atoms with E-state index in [0.29, 0.717) is 19.0 Å². The normalized spacial score (nSPS) is 25.1. The fraction of sp³-hybridized carbons (Fsp3) is 0.545. The first kappa shape index (κ1) is 11.3. The van der Waals surface area contributed by atoms with Gasteiger partial charge in [-0.3, -0.25) is 0 Å². The minimum absolute atomic E-state index is 0.195. The molecule has 16 heavy (non-hydrogen) atoms. The van der Waals surface area contributed by atoms with Crippen LogP contribution in [0, 0.1) is 17.6 Å². The van der Waals surface area contributed by atoms with Crippen molar-refractivity contribution in [2.45, 2.75) is 19.4 Å². The molecule has 1 saturated heterocycles. The standard InChI is InChI=1S/C11H15F2N3/c1-7-2-8(4-14)6-16(7)11-10(13)3-9(12)5-15-11/h3,5,7-8H,2,4,6,14H2,1H3. The van der Waals surface area contributed by atoms with E-state index < -0.39 is 11.6 Å². The summed E-state index contributed by atoms with van der Waals surface area (Å²) in [7, 11) is 0. The lowest BCUT2D eigenvalue weighted by atomic mass is 10.1. The monoisotopic (exact) mass is 227 g/mol. The molecule has 2 rings (SSSR count). The minimum Gasteiger partial charge on any atom is -0.351 e. The number of hydrogen-bond acceptors (Lipinski definition) is 3. The lowest BCUT2D eigenvalue weighted by Gasteiger charge is -2.22. The number of rotatable bonds is 2. The Morgan fingerprint density at radius 2 is 2.31 bits per heavy atom. The van der Waals surface area contributed by atoms with Crippen LogP contribution >= 0.6 is 0 Å². The van der Waals surface area contributed by atoms with Crippen LogP contribution in [-0.4, -0.2) is 24.1 Å². The third kappa shape index (κ3) is 2.00. The van der Waals surface area contributed by atoms with Gasteiger partial charge in [-0.15, -0.1) is 0 Å². The van der Waals surface area contributed by atoms with Crippen molar-refractivity contribution in [3.63, 3.8) is 0 Å². The average molecular weight is 227 g/mol. The zero-order valence-corrected chi connectivity index (χ0v) is 9.16. The molecule has 1 aromatic heterocycles. The highest BCUT2D eigenvalue weighted by Crippen LogP contribution is 2.28. The van der Waals surface area contributed by atoms with Crippen molar-refractivity contribution >= 4 is 5.82 Å². The van der Waals surface area contributed by atoms with Gasteiger partial charge in [-0.1, -0.05) is 0 Å². The molecule has 0 aliphatic carbocycles. The molecule has 0 bridgehead atoms. The Labute approximate surface area is 93.3 Å². The molecule has 1 fully saturated rings. The molecule has 1 aliphatic rings. The van der Waals surface area contributed by atoms with Gasteiger partial charge >= 0.3 is 0 Å². The molecule has 2 heterocycles. The molecule has 0 spiro atoms. The van der Waals surface area contributed by atoms with Crippen LogP contribution < -0.4 is 10.6 Å². The van der Waals surface area contributed by atoms with Gasteiger partial charge in [0.15, 0.2) is 11.6 Å². The van der Waals surface area contributed by atoms with E-state index in [0.717, 1.165) is 18.7 Å². The summed E-state index contributed by atoms with van der Waals surface area (Å²) in [6.45, 7) is 3.27. The molecule has 0 aromatic carbocycles. The first-order valence-corrected chi connectivity index (χ1v) is 5.39. The van der Waals surface area contributed by atoms with Gasteiger partial charge < -0.3 is 10.6 Å². The summed E-state index contributed by atoms with van der Waals surface area (Å²) in [5.41, 5.74) is 5.60. The van der Waals surface area contributed by atoms with Gasteiger partial charge in [-0.2, -0.15) is 0 Å². The smallest absolute Gasteiger partial charge is 0.168 e. The Bertz CT molecular complexity index is 383. The molecule has 1 aliphatic heterocycles. The lowest BCUT2D eigenvalue weighted by molar-refractivity contribution is 0.565. The topological polar surface area (TPSA) is 42.1 Å². The third-order valence-electron chi connectivity index (χ3n) is 3.06. The first-order chi connectivity index (χ1) is 7.61. The van der Waals surface area contributed by atoms with E-state index in [1.165, 1.54) is 0 Å². The van der Waals surface area contributed by atoms with Crippen molar-refractivity contribution in [2.75, 3.05) is 18.0 Å². The molecule has 88 valence electrons. The maximum Gasteiger partial charge on any atom is 0.168 e.